The SMILES string of the molecule is Cc1cc2c(cc1OCc1ccccc1)c(I)nn2COCC[Si](C)(C)C. The molecule has 0 N–H and O–H groups in total. The quantitative estimate of drug-likeness (QED) is 0.224. The molecule has 6 heteroatoms. The van der Waals surface area contributed by atoms with E-state index in [1.54, 1.807) is 0 Å². The van der Waals surface area contributed by atoms with Gasteiger partial charge in [-0.3, -0.25) is 0 Å². The lowest BCUT2D eigenvalue weighted by Crippen LogP contribution is -2.22. The summed E-state index contributed by atoms with van der Waals surface area (Å²) in [7, 11) is -1.07. The first-order chi connectivity index (χ1) is 12.8. The van der Waals surface area contributed by atoms with Crippen molar-refractivity contribution in [1.29, 1.82) is 0 Å². The summed E-state index contributed by atoms with van der Waals surface area (Å²) in [6.45, 7) is 11.0. The Bertz CT molecular complexity index is 904. The molecule has 0 bridgehead atoms. The summed E-state index contributed by atoms with van der Waals surface area (Å²) in [6.07, 6.45) is 0. The van der Waals surface area contributed by atoms with Gasteiger partial charge in [0.2, 0.25) is 0 Å². The zero-order valence-electron chi connectivity index (χ0n) is 16.5. The molecule has 0 aliphatic heterocycles. The van der Waals surface area contributed by atoms with Gasteiger partial charge < -0.3 is 9.47 Å². The number of fused-ring (bicyclic) bond motifs is 1. The molecule has 0 spiro atoms. The van der Waals surface area contributed by atoms with E-state index in [0.717, 1.165) is 38.1 Å². The number of hydrogen-bond donors (Lipinski definition) is 0. The summed E-state index contributed by atoms with van der Waals surface area (Å²) in [4.78, 5) is 0. The van der Waals surface area contributed by atoms with Gasteiger partial charge in [-0.25, -0.2) is 4.68 Å². The molecule has 0 saturated heterocycles. The fraction of sp³-hybridized carbons (Fsp3) is 0.381. The lowest BCUT2D eigenvalue weighted by molar-refractivity contribution is 0.0814. The average molecular weight is 494 g/mol. The average Bonchev–Trinajstić information content (AvgIpc) is 2.92. The van der Waals surface area contributed by atoms with Crippen molar-refractivity contribution in [1.82, 2.24) is 9.78 Å². The molecule has 0 atom stereocenters. The topological polar surface area (TPSA) is 36.3 Å². The molecule has 1 aromatic heterocycles. The van der Waals surface area contributed by atoms with E-state index in [0.29, 0.717) is 13.3 Å². The second-order valence-electron chi connectivity index (χ2n) is 8.05. The van der Waals surface area contributed by atoms with Gasteiger partial charge >= 0.3 is 0 Å². The third kappa shape index (κ3) is 5.55. The predicted molar refractivity (Wildman–Crippen MR) is 122 cm³/mol. The Labute approximate surface area is 176 Å². The fourth-order valence-corrected chi connectivity index (χ4v) is 4.23. The van der Waals surface area contributed by atoms with E-state index in [-0.39, 0.29) is 0 Å². The number of benzene rings is 2. The zero-order valence-corrected chi connectivity index (χ0v) is 19.6. The summed E-state index contributed by atoms with van der Waals surface area (Å²) < 4.78 is 14.9. The summed E-state index contributed by atoms with van der Waals surface area (Å²) in [6, 6.07) is 15.6. The Balaban J connectivity index is 1.72. The van der Waals surface area contributed by atoms with Gasteiger partial charge in [-0.2, -0.15) is 5.10 Å². The third-order valence-corrected chi connectivity index (χ3v) is 6.95. The molecule has 4 nitrogen and oxygen atoms in total. The van der Waals surface area contributed by atoms with Crippen molar-refractivity contribution < 1.29 is 9.47 Å². The van der Waals surface area contributed by atoms with Crippen LogP contribution < -0.4 is 4.74 Å². The number of rotatable bonds is 8. The van der Waals surface area contributed by atoms with Crippen LogP contribution in [-0.4, -0.2) is 24.5 Å². The lowest BCUT2D eigenvalue weighted by Gasteiger charge is -2.15. The maximum atomic E-state index is 6.06. The van der Waals surface area contributed by atoms with E-state index >= 15 is 0 Å². The first-order valence-electron chi connectivity index (χ1n) is 9.25. The number of nitrogens with zero attached hydrogens (tertiary/aromatic N) is 2. The van der Waals surface area contributed by atoms with E-state index in [1.165, 1.54) is 6.04 Å². The Kier molecular flexibility index (Phi) is 6.59. The summed E-state index contributed by atoms with van der Waals surface area (Å²) in [5, 5.41) is 5.77. The van der Waals surface area contributed by atoms with Crippen molar-refractivity contribution in [2.75, 3.05) is 6.61 Å². The van der Waals surface area contributed by atoms with Crippen LogP contribution in [0.25, 0.3) is 10.9 Å². The number of halogens is 1. The van der Waals surface area contributed by atoms with Crippen LogP contribution in [0.15, 0.2) is 42.5 Å². The Hall–Kier alpha value is -1.38. The van der Waals surface area contributed by atoms with E-state index in [2.05, 4.69) is 78.5 Å². The number of ether oxygens (including phenoxy) is 2. The van der Waals surface area contributed by atoms with Crippen LogP contribution in [0.1, 0.15) is 11.1 Å². The largest absolute Gasteiger partial charge is 0.489 e. The highest BCUT2D eigenvalue weighted by molar-refractivity contribution is 14.1. The molecule has 0 radical (unpaired) electrons. The van der Waals surface area contributed by atoms with Crippen LogP contribution in [0.2, 0.25) is 25.7 Å². The Morgan fingerprint density at radius 2 is 1.85 bits per heavy atom. The third-order valence-electron chi connectivity index (χ3n) is 4.45. The van der Waals surface area contributed by atoms with Crippen molar-refractivity contribution >= 4 is 41.6 Å². The molecule has 0 aliphatic carbocycles. The van der Waals surface area contributed by atoms with Crippen molar-refractivity contribution in [3.05, 3.63) is 57.3 Å². The molecule has 0 saturated carbocycles. The van der Waals surface area contributed by atoms with Gasteiger partial charge in [-0.1, -0.05) is 50.0 Å². The minimum Gasteiger partial charge on any atom is -0.489 e. The maximum Gasteiger partial charge on any atom is 0.140 e. The molecule has 0 fully saturated rings. The first-order valence-corrected chi connectivity index (χ1v) is 14.0. The van der Waals surface area contributed by atoms with E-state index in [9.17, 15) is 0 Å². The molecule has 0 amide bonds. The Morgan fingerprint density at radius 1 is 1.11 bits per heavy atom. The van der Waals surface area contributed by atoms with Gasteiger partial charge in [-0.15, -0.1) is 0 Å². The number of aryl methyl sites for hydroxylation is 1. The molecule has 2 aromatic carbocycles. The van der Waals surface area contributed by atoms with Crippen molar-refractivity contribution in [3.8, 4) is 5.75 Å². The highest BCUT2D eigenvalue weighted by atomic mass is 127. The van der Waals surface area contributed by atoms with Gasteiger partial charge in [0, 0.05) is 20.1 Å². The summed E-state index contributed by atoms with van der Waals surface area (Å²) >= 11 is 2.28. The van der Waals surface area contributed by atoms with Gasteiger partial charge in [0.15, 0.2) is 0 Å². The van der Waals surface area contributed by atoms with Crippen LogP contribution in [0.5, 0.6) is 5.75 Å². The van der Waals surface area contributed by atoms with Crippen LogP contribution >= 0.6 is 22.6 Å². The number of aromatic nitrogens is 2. The maximum absolute atomic E-state index is 6.06. The Morgan fingerprint density at radius 3 is 2.56 bits per heavy atom. The normalized spacial score (nSPS) is 11.9. The molecular formula is C21H27IN2O2Si. The predicted octanol–water partition coefficient (Wildman–Crippen LogP) is 5.84. The second-order valence-corrected chi connectivity index (χ2v) is 14.7. The molecule has 0 unspecified atom stereocenters. The summed E-state index contributed by atoms with van der Waals surface area (Å²) in [5.74, 6) is 0.906. The van der Waals surface area contributed by atoms with Crippen LogP contribution in [0.4, 0.5) is 0 Å². The smallest absolute Gasteiger partial charge is 0.140 e. The molecule has 27 heavy (non-hydrogen) atoms. The van der Waals surface area contributed by atoms with Gasteiger partial charge in [0.05, 0.1) is 5.52 Å². The van der Waals surface area contributed by atoms with Crippen LogP contribution in [0.3, 0.4) is 0 Å². The first kappa shape index (κ1) is 20.4. The van der Waals surface area contributed by atoms with E-state index in [1.807, 2.05) is 22.9 Å². The van der Waals surface area contributed by atoms with Crippen LogP contribution in [-0.2, 0) is 18.1 Å². The van der Waals surface area contributed by atoms with Crippen molar-refractivity contribution in [2.45, 2.75) is 45.9 Å². The van der Waals surface area contributed by atoms with Gasteiger partial charge in [-0.05, 0) is 58.8 Å². The van der Waals surface area contributed by atoms with E-state index < -0.39 is 8.07 Å². The lowest BCUT2D eigenvalue weighted by atomic mass is 10.1. The summed E-state index contributed by atoms with van der Waals surface area (Å²) in [5.41, 5.74) is 3.37. The zero-order chi connectivity index (χ0) is 19.4. The minimum atomic E-state index is -1.07. The molecule has 3 aromatic rings. The highest BCUT2D eigenvalue weighted by Crippen LogP contribution is 2.29. The van der Waals surface area contributed by atoms with E-state index in [4.69, 9.17) is 9.47 Å². The highest BCUT2D eigenvalue weighted by Gasteiger charge is 2.14. The minimum absolute atomic E-state index is 0.494. The monoisotopic (exact) mass is 494 g/mol. The fourth-order valence-electron chi connectivity index (χ4n) is 2.78. The standard InChI is InChI=1S/C21H27IN2O2Si/c1-16-12-19-18(13-20(16)26-14-17-8-6-5-7-9-17)21(22)23-24(19)15-25-10-11-27(2,3)4/h5-9,12-13H,10-11,14-15H2,1-4H3. The molecule has 3 rings (SSSR count). The molecule has 1 heterocycles. The van der Waals surface area contributed by atoms with Crippen molar-refractivity contribution in [3.63, 3.8) is 0 Å². The van der Waals surface area contributed by atoms with Gasteiger partial charge in [0.1, 0.15) is 22.8 Å². The van der Waals surface area contributed by atoms with Gasteiger partial charge in [0.25, 0.3) is 0 Å². The molecular weight excluding hydrogens is 467 g/mol. The number of hydrogen-bond acceptors (Lipinski definition) is 3. The molecule has 0 aliphatic rings. The molecule has 144 valence electrons. The second kappa shape index (κ2) is 8.75. The van der Waals surface area contributed by atoms with Crippen LogP contribution in [0, 0.1) is 10.6 Å². The van der Waals surface area contributed by atoms with Crippen molar-refractivity contribution in [2.24, 2.45) is 0 Å².